The van der Waals surface area contributed by atoms with Gasteiger partial charge in [0.05, 0.1) is 18.1 Å². The van der Waals surface area contributed by atoms with Gasteiger partial charge in [-0.1, -0.05) is 25.4 Å². The van der Waals surface area contributed by atoms with Crippen molar-refractivity contribution < 1.29 is 4.74 Å². The molecule has 0 saturated heterocycles. The maximum Gasteiger partial charge on any atom is 0.140 e. The van der Waals surface area contributed by atoms with Gasteiger partial charge in [0.2, 0.25) is 0 Å². The molecule has 5 heteroatoms. The van der Waals surface area contributed by atoms with Crippen molar-refractivity contribution in [2.75, 3.05) is 7.11 Å². The van der Waals surface area contributed by atoms with Gasteiger partial charge in [-0.15, -0.1) is 0 Å². The number of halogens is 1. The van der Waals surface area contributed by atoms with Gasteiger partial charge in [-0.25, -0.2) is 9.97 Å². The highest BCUT2D eigenvalue weighted by Crippen LogP contribution is 2.19. The molecule has 0 bridgehead atoms. The molecule has 0 aliphatic rings. The van der Waals surface area contributed by atoms with E-state index in [9.17, 15) is 0 Å². The van der Waals surface area contributed by atoms with Gasteiger partial charge in [0, 0.05) is 12.4 Å². The quantitative estimate of drug-likeness (QED) is 0.735. The van der Waals surface area contributed by atoms with E-state index in [1.54, 1.807) is 13.2 Å². The molecule has 0 saturated carbocycles. The van der Waals surface area contributed by atoms with Crippen molar-refractivity contribution in [2.45, 2.75) is 37.9 Å². The van der Waals surface area contributed by atoms with Crippen LogP contribution in [-0.2, 0) is 17.1 Å². The fourth-order valence-electron chi connectivity index (χ4n) is 1.14. The minimum atomic E-state index is 0.475. The topological polar surface area (TPSA) is 35.0 Å². The Labute approximate surface area is 106 Å². The van der Waals surface area contributed by atoms with Crippen molar-refractivity contribution in [3.8, 4) is 0 Å². The van der Waals surface area contributed by atoms with Crippen LogP contribution in [0.4, 0.5) is 0 Å². The number of rotatable bonds is 6. The zero-order chi connectivity index (χ0) is 12.0. The van der Waals surface area contributed by atoms with E-state index < -0.39 is 0 Å². The maximum atomic E-state index is 5.92. The molecule has 0 aliphatic carbocycles. The molecule has 1 rings (SSSR count). The maximum absolute atomic E-state index is 5.92. The number of methoxy groups -OCH3 is 1. The smallest absolute Gasteiger partial charge is 0.140 e. The summed E-state index contributed by atoms with van der Waals surface area (Å²) in [6.45, 7) is 4.85. The Bertz CT molecular complexity index is 336. The van der Waals surface area contributed by atoms with Gasteiger partial charge in [-0.3, -0.25) is 0 Å². The lowest BCUT2D eigenvalue weighted by Gasteiger charge is -2.08. The first-order valence-corrected chi connectivity index (χ1v) is 6.71. The first kappa shape index (κ1) is 13.7. The Balaban J connectivity index is 2.64. The van der Waals surface area contributed by atoms with Gasteiger partial charge >= 0.3 is 0 Å². The van der Waals surface area contributed by atoms with Crippen molar-refractivity contribution in [1.29, 1.82) is 0 Å². The van der Waals surface area contributed by atoms with Crippen LogP contribution in [0.5, 0.6) is 0 Å². The van der Waals surface area contributed by atoms with Crippen LogP contribution in [0, 0.1) is 0 Å². The molecule has 0 amide bonds. The molecule has 3 nitrogen and oxygen atoms in total. The van der Waals surface area contributed by atoms with E-state index in [4.69, 9.17) is 16.3 Å². The third-order valence-electron chi connectivity index (χ3n) is 2.16. The summed E-state index contributed by atoms with van der Waals surface area (Å²) < 4.78 is 5.03. The second kappa shape index (κ2) is 7.09. The van der Waals surface area contributed by atoms with Gasteiger partial charge in [-0.2, -0.15) is 11.8 Å². The highest BCUT2D eigenvalue weighted by atomic mass is 35.5. The molecule has 0 aliphatic heterocycles. The monoisotopic (exact) mass is 260 g/mol. The molecule has 16 heavy (non-hydrogen) atoms. The summed E-state index contributed by atoms with van der Waals surface area (Å²) in [6, 6.07) is 1.74. The lowest BCUT2D eigenvalue weighted by atomic mass is 10.4. The Morgan fingerprint density at radius 1 is 1.50 bits per heavy atom. The molecule has 1 aromatic heterocycles. The van der Waals surface area contributed by atoms with Crippen LogP contribution in [0.25, 0.3) is 0 Å². The van der Waals surface area contributed by atoms with E-state index >= 15 is 0 Å². The standard InChI is InChI=1S/C11H17ClN2OS/c1-4-8(2)16-7-11-13-9(6-15-3)5-10(12)14-11/h5,8H,4,6-7H2,1-3H3. The molecule has 90 valence electrons. The summed E-state index contributed by atoms with van der Waals surface area (Å²) in [6.07, 6.45) is 1.15. The van der Waals surface area contributed by atoms with Gasteiger partial charge in [0.25, 0.3) is 0 Å². The lowest BCUT2D eigenvalue weighted by molar-refractivity contribution is 0.181. The van der Waals surface area contributed by atoms with E-state index in [1.807, 2.05) is 11.8 Å². The number of hydrogen-bond acceptors (Lipinski definition) is 4. The Morgan fingerprint density at radius 2 is 2.25 bits per heavy atom. The summed E-state index contributed by atoms with van der Waals surface area (Å²) in [5.74, 6) is 1.58. The van der Waals surface area contributed by atoms with E-state index in [-0.39, 0.29) is 0 Å². The minimum Gasteiger partial charge on any atom is -0.378 e. The number of ether oxygens (including phenoxy) is 1. The average Bonchev–Trinajstić information content (AvgIpc) is 2.25. The van der Waals surface area contributed by atoms with Crippen molar-refractivity contribution in [3.05, 3.63) is 22.7 Å². The van der Waals surface area contributed by atoms with Crippen LogP contribution in [0.15, 0.2) is 6.07 Å². The first-order valence-electron chi connectivity index (χ1n) is 5.28. The molecule has 0 aromatic carbocycles. The number of nitrogens with zero attached hydrogens (tertiary/aromatic N) is 2. The Kier molecular flexibility index (Phi) is 6.09. The van der Waals surface area contributed by atoms with Gasteiger partial charge in [0.1, 0.15) is 11.0 Å². The molecule has 1 aromatic rings. The highest BCUT2D eigenvalue weighted by molar-refractivity contribution is 7.99. The summed E-state index contributed by atoms with van der Waals surface area (Å²) in [5.41, 5.74) is 0.835. The van der Waals surface area contributed by atoms with Crippen molar-refractivity contribution in [3.63, 3.8) is 0 Å². The molecular weight excluding hydrogens is 244 g/mol. The van der Waals surface area contributed by atoms with Crippen LogP contribution >= 0.6 is 23.4 Å². The van der Waals surface area contributed by atoms with Crippen molar-refractivity contribution in [1.82, 2.24) is 9.97 Å². The number of hydrogen-bond donors (Lipinski definition) is 0. The number of aromatic nitrogens is 2. The average molecular weight is 261 g/mol. The second-order valence-corrected chi connectivity index (χ2v) is 5.38. The predicted molar refractivity (Wildman–Crippen MR) is 68.8 cm³/mol. The molecule has 0 fully saturated rings. The molecule has 1 unspecified atom stereocenters. The zero-order valence-corrected chi connectivity index (χ0v) is 11.4. The van der Waals surface area contributed by atoms with Crippen molar-refractivity contribution in [2.24, 2.45) is 0 Å². The van der Waals surface area contributed by atoms with E-state index in [2.05, 4.69) is 23.8 Å². The molecule has 1 heterocycles. The SMILES string of the molecule is CCC(C)SCc1nc(Cl)cc(COC)n1. The zero-order valence-electron chi connectivity index (χ0n) is 9.86. The predicted octanol–water partition coefficient (Wildman–Crippen LogP) is 3.31. The summed E-state index contributed by atoms with van der Waals surface area (Å²) in [7, 11) is 1.64. The molecule has 0 N–H and O–H groups in total. The van der Waals surface area contributed by atoms with Crippen LogP contribution in [0.2, 0.25) is 5.15 Å². The highest BCUT2D eigenvalue weighted by Gasteiger charge is 2.06. The summed E-state index contributed by atoms with van der Waals surface area (Å²) in [4.78, 5) is 8.59. The molecule has 1 atom stereocenters. The number of thioether (sulfide) groups is 1. The Morgan fingerprint density at radius 3 is 2.88 bits per heavy atom. The van der Waals surface area contributed by atoms with Gasteiger partial charge < -0.3 is 4.74 Å². The molecule has 0 spiro atoms. The normalized spacial score (nSPS) is 12.8. The van der Waals surface area contributed by atoms with E-state index in [1.165, 1.54) is 0 Å². The fourth-order valence-corrected chi connectivity index (χ4v) is 2.16. The third kappa shape index (κ3) is 4.68. The fraction of sp³-hybridized carbons (Fsp3) is 0.636. The Hall–Kier alpha value is -0.320. The van der Waals surface area contributed by atoms with E-state index in [0.717, 1.165) is 23.7 Å². The van der Waals surface area contributed by atoms with Crippen LogP contribution in [0.3, 0.4) is 0 Å². The van der Waals surface area contributed by atoms with Gasteiger partial charge in [0.15, 0.2) is 0 Å². The first-order chi connectivity index (χ1) is 7.65. The summed E-state index contributed by atoms with van der Waals surface area (Å²) >= 11 is 7.76. The third-order valence-corrected chi connectivity index (χ3v) is 3.68. The molecular formula is C11H17ClN2OS. The van der Waals surface area contributed by atoms with Crippen LogP contribution < -0.4 is 0 Å². The second-order valence-electron chi connectivity index (χ2n) is 3.56. The summed E-state index contributed by atoms with van der Waals surface area (Å²) in [5, 5.41) is 1.11. The largest absolute Gasteiger partial charge is 0.378 e. The van der Waals surface area contributed by atoms with Crippen LogP contribution in [-0.4, -0.2) is 22.3 Å². The van der Waals surface area contributed by atoms with E-state index in [0.29, 0.717) is 17.0 Å². The molecule has 0 radical (unpaired) electrons. The van der Waals surface area contributed by atoms with Crippen molar-refractivity contribution >= 4 is 23.4 Å². The minimum absolute atomic E-state index is 0.475. The lowest BCUT2D eigenvalue weighted by Crippen LogP contribution is -2.02. The van der Waals surface area contributed by atoms with Gasteiger partial charge in [-0.05, 0) is 12.5 Å². The van der Waals surface area contributed by atoms with Crippen LogP contribution in [0.1, 0.15) is 31.8 Å².